The topological polar surface area (TPSA) is 66.8 Å². The van der Waals surface area contributed by atoms with Crippen molar-refractivity contribution in [2.24, 2.45) is 0 Å². The standard InChI is InChI=1S/C18H14Cl2FNO4/c1-26-18(25)16(23)9-17(24)22(10-11-2-4-12(21)5-3-11)13-6-7-14(19)15(20)8-13/h2-9,23H,10H2,1H3. The van der Waals surface area contributed by atoms with E-state index in [0.29, 0.717) is 16.3 Å². The molecule has 0 aromatic heterocycles. The second-order valence-electron chi connectivity index (χ2n) is 5.17. The number of ether oxygens (including phenoxy) is 1. The average molecular weight is 398 g/mol. The van der Waals surface area contributed by atoms with E-state index in [-0.39, 0.29) is 11.6 Å². The van der Waals surface area contributed by atoms with Crippen molar-refractivity contribution in [1.82, 2.24) is 0 Å². The van der Waals surface area contributed by atoms with Crippen LogP contribution < -0.4 is 4.90 Å². The highest BCUT2D eigenvalue weighted by Crippen LogP contribution is 2.28. The Morgan fingerprint density at radius 2 is 1.81 bits per heavy atom. The van der Waals surface area contributed by atoms with Crippen molar-refractivity contribution in [3.8, 4) is 0 Å². The van der Waals surface area contributed by atoms with Gasteiger partial charge in [-0.3, -0.25) is 4.79 Å². The predicted molar refractivity (Wildman–Crippen MR) is 96.8 cm³/mol. The van der Waals surface area contributed by atoms with Gasteiger partial charge in [0.05, 0.1) is 29.8 Å². The number of amides is 1. The summed E-state index contributed by atoms with van der Waals surface area (Å²) in [5, 5.41) is 10.2. The number of aliphatic hydroxyl groups excluding tert-OH is 1. The molecule has 0 fully saturated rings. The molecule has 26 heavy (non-hydrogen) atoms. The summed E-state index contributed by atoms with van der Waals surface area (Å²) in [6.07, 6.45) is 0.734. The maximum atomic E-state index is 13.1. The summed E-state index contributed by atoms with van der Waals surface area (Å²) in [6.45, 7) is 0.0437. The fourth-order valence-electron chi connectivity index (χ4n) is 2.08. The van der Waals surface area contributed by atoms with Crippen LogP contribution in [0, 0.1) is 5.82 Å². The lowest BCUT2D eigenvalue weighted by molar-refractivity contribution is -0.139. The van der Waals surface area contributed by atoms with Gasteiger partial charge >= 0.3 is 5.97 Å². The molecule has 2 aromatic rings. The maximum Gasteiger partial charge on any atom is 0.373 e. The summed E-state index contributed by atoms with van der Waals surface area (Å²) in [6, 6.07) is 10.1. The molecular formula is C18H14Cl2FNO4. The first-order valence-electron chi connectivity index (χ1n) is 7.31. The molecule has 0 bridgehead atoms. The number of hydrogen-bond acceptors (Lipinski definition) is 4. The fourth-order valence-corrected chi connectivity index (χ4v) is 2.37. The number of benzene rings is 2. The molecule has 2 rings (SSSR count). The van der Waals surface area contributed by atoms with Crippen LogP contribution in [0.25, 0.3) is 0 Å². The lowest BCUT2D eigenvalue weighted by Gasteiger charge is -2.22. The normalized spacial score (nSPS) is 11.2. The van der Waals surface area contributed by atoms with Gasteiger partial charge in [-0.2, -0.15) is 0 Å². The van der Waals surface area contributed by atoms with Crippen molar-refractivity contribution in [3.05, 3.63) is 75.7 Å². The van der Waals surface area contributed by atoms with Crippen LogP contribution in [-0.2, 0) is 20.9 Å². The highest BCUT2D eigenvalue weighted by atomic mass is 35.5. The van der Waals surface area contributed by atoms with Gasteiger partial charge in [-0.1, -0.05) is 35.3 Å². The van der Waals surface area contributed by atoms with E-state index in [1.54, 1.807) is 6.07 Å². The van der Waals surface area contributed by atoms with Crippen LogP contribution >= 0.6 is 23.2 Å². The largest absolute Gasteiger partial charge is 0.502 e. The molecule has 0 atom stereocenters. The molecule has 0 heterocycles. The molecule has 0 unspecified atom stereocenters. The Hall–Kier alpha value is -2.57. The van der Waals surface area contributed by atoms with Gasteiger partial charge in [0.15, 0.2) is 0 Å². The molecule has 0 radical (unpaired) electrons. The Morgan fingerprint density at radius 1 is 1.15 bits per heavy atom. The van der Waals surface area contributed by atoms with Gasteiger partial charge in [0.25, 0.3) is 5.91 Å². The van der Waals surface area contributed by atoms with E-state index in [0.717, 1.165) is 13.2 Å². The van der Waals surface area contributed by atoms with Crippen molar-refractivity contribution in [1.29, 1.82) is 0 Å². The van der Waals surface area contributed by atoms with Gasteiger partial charge in [-0.25, -0.2) is 9.18 Å². The van der Waals surface area contributed by atoms with Crippen molar-refractivity contribution in [3.63, 3.8) is 0 Å². The highest BCUT2D eigenvalue weighted by Gasteiger charge is 2.19. The lowest BCUT2D eigenvalue weighted by Crippen LogP contribution is -2.29. The van der Waals surface area contributed by atoms with Gasteiger partial charge in [0.2, 0.25) is 5.76 Å². The number of anilines is 1. The molecule has 0 aliphatic heterocycles. The molecule has 0 saturated heterocycles. The third-order valence-corrected chi connectivity index (χ3v) is 4.13. The molecule has 0 aliphatic carbocycles. The molecule has 1 amide bonds. The van der Waals surface area contributed by atoms with Gasteiger partial charge < -0.3 is 14.7 Å². The lowest BCUT2D eigenvalue weighted by atomic mass is 10.2. The van der Waals surface area contributed by atoms with Crippen LogP contribution in [-0.4, -0.2) is 24.1 Å². The van der Waals surface area contributed by atoms with Crippen LogP contribution in [0.2, 0.25) is 10.0 Å². The monoisotopic (exact) mass is 397 g/mol. The number of aliphatic hydroxyl groups is 1. The van der Waals surface area contributed by atoms with E-state index < -0.39 is 23.5 Å². The van der Waals surface area contributed by atoms with Crippen molar-refractivity contribution < 1.29 is 23.8 Å². The van der Waals surface area contributed by atoms with Gasteiger partial charge in [-0.05, 0) is 35.9 Å². The van der Waals surface area contributed by atoms with Crippen LogP contribution in [0.15, 0.2) is 54.3 Å². The molecule has 8 heteroatoms. The molecule has 0 aliphatic rings. The number of hydrogen-bond donors (Lipinski definition) is 1. The minimum absolute atomic E-state index is 0.0437. The highest BCUT2D eigenvalue weighted by molar-refractivity contribution is 6.42. The number of nitrogens with zero attached hydrogens (tertiary/aromatic N) is 1. The number of halogens is 3. The van der Waals surface area contributed by atoms with E-state index in [2.05, 4.69) is 4.74 Å². The third-order valence-electron chi connectivity index (χ3n) is 3.39. The van der Waals surface area contributed by atoms with E-state index in [1.807, 2.05) is 0 Å². The summed E-state index contributed by atoms with van der Waals surface area (Å²) in [7, 11) is 1.08. The molecule has 0 spiro atoms. The zero-order chi connectivity index (χ0) is 19.3. The smallest absolute Gasteiger partial charge is 0.373 e. The predicted octanol–water partition coefficient (Wildman–Crippen LogP) is 4.28. The van der Waals surface area contributed by atoms with Gasteiger partial charge in [0, 0.05) is 5.69 Å². The van der Waals surface area contributed by atoms with Crippen LogP contribution in [0.1, 0.15) is 5.56 Å². The summed E-state index contributed by atoms with van der Waals surface area (Å²) in [4.78, 5) is 25.1. The molecule has 1 N–H and O–H groups in total. The number of esters is 1. The third kappa shape index (κ3) is 4.97. The second-order valence-corrected chi connectivity index (χ2v) is 5.98. The van der Waals surface area contributed by atoms with Crippen LogP contribution in [0.5, 0.6) is 0 Å². The first kappa shape index (κ1) is 19.8. The molecule has 2 aromatic carbocycles. The number of rotatable bonds is 5. The molecule has 0 saturated carbocycles. The van der Waals surface area contributed by atoms with E-state index in [4.69, 9.17) is 23.2 Å². The van der Waals surface area contributed by atoms with E-state index in [1.165, 1.54) is 41.3 Å². The summed E-state index contributed by atoms with van der Waals surface area (Å²) < 4.78 is 17.5. The zero-order valence-corrected chi connectivity index (χ0v) is 15.1. The fraction of sp³-hybridized carbons (Fsp3) is 0.111. The Morgan fingerprint density at radius 3 is 2.38 bits per heavy atom. The minimum atomic E-state index is -1.05. The molecule has 5 nitrogen and oxygen atoms in total. The summed E-state index contributed by atoms with van der Waals surface area (Å²) in [5.41, 5.74) is 0.999. The summed E-state index contributed by atoms with van der Waals surface area (Å²) >= 11 is 11.9. The average Bonchev–Trinajstić information content (AvgIpc) is 2.62. The Kier molecular flexibility index (Phi) is 6.60. The first-order valence-corrected chi connectivity index (χ1v) is 8.07. The molecular weight excluding hydrogens is 384 g/mol. The van der Waals surface area contributed by atoms with Gasteiger partial charge in [-0.15, -0.1) is 0 Å². The van der Waals surface area contributed by atoms with Crippen molar-refractivity contribution in [2.75, 3.05) is 12.0 Å². The Labute approximate surface area is 159 Å². The Balaban J connectivity index is 2.40. The van der Waals surface area contributed by atoms with Crippen LogP contribution in [0.4, 0.5) is 10.1 Å². The SMILES string of the molecule is COC(=O)C(O)=CC(=O)N(Cc1ccc(F)cc1)c1ccc(Cl)c(Cl)c1. The van der Waals surface area contributed by atoms with Crippen LogP contribution in [0.3, 0.4) is 0 Å². The number of carbonyl (C=O) groups excluding carboxylic acids is 2. The second kappa shape index (κ2) is 8.69. The van der Waals surface area contributed by atoms with Crippen molar-refractivity contribution >= 4 is 40.8 Å². The van der Waals surface area contributed by atoms with E-state index >= 15 is 0 Å². The quantitative estimate of drug-likeness (QED) is 0.464. The summed E-state index contributed by atoms with van der Waals surface area (Å²) in [5.74, 6) is -3.00. The first-order chi connectivity index (χ1) is 12.3. The Bertz CT molecular complexity index is 853. The minimum Gasteiger partial charge on any atom is -0.502 e. The number of methoxy groups -OCH3 is 1. The number of carbonyl (C=O) groups is 2. The van der Waals surface area contributed by atoms with Crippen molar-refractivity contribution in [2.45, 2.75) is 6.54 Å². The molecule has 136 valence electrons. The zero-order valence-electron chi connectivity index (χ0n) is 13.6. The van der Waals surface area contributed by atoms with E-state index in [9.17, 15) is 19.1 Å². The maximum absolute atomic E-state index is 13.1. The van der Waals surface area contributed by atoms with Gasteiger partial charge in [0.1, 0.15) is 5.82 Å².